The summed E-state index contributed by atoms with van der Waals surface area (Å²) in [5.74, 6) is 2.74. The van der Waals surface area contributed by atoms with E-state index < -0.39 is 0 Å². The molecular formula is C38H52O2. The predicted molar refractivity (Wildman–Crippen MR) is 171 cm³/mol. The number of rotatable bonds is 12. The Bertz CT molecular complexity index is 1310. The van der Waals surface area contributed by atoms with Crippen LogP contribution in [0.1, 0.15) is 108 Å². The van der Waals surface area contributed by atoms with Crippen molar-refractivity contribution < 1.29 is 9.47 Å². The van der Waals surface area contributed by atoms with Crippen molar-refractivity contribution in [1.82, 2.24) is 0 Å². The largest absolute Gasteiger partial charge is 0.489 e. The van der Waals surface area contributed by atoms with Gasteiger partial charge in [0.25, 0.3) is 0 Å². The quantitative estimate of drug-likeness (QED) is 0.227. The van der Waals surface area contributed by atoms with Crippen LogP contribution in [0.25, 0.3) is 11.1 Å². The van der Waals surface area contributed by atoms with Crippen LogP contribution < -0.4 is 9.47 Å². The van der Waals surface area contributed by atoms with Gasteiger partial charge in [0.05, 0.1) is 13.2 Å². The molecule has 0 N–H and O–H groups in total. The molecule has 2 heteroatoms. The molecule has 4 atom stereocenters. The van der Waals surface area contributed by atoms with Crippen LogP contribution in [0.4, 0.5) is 0 Å². The SMILES string of the molecule is CCCCC1(C)c2cc(C)ccc2-c2ccc(C)cc2C1(C)c1ccc(OCC(C)CC)c(OCC(C)CC)c1. The lowest BCUT2D eigenvalue weighted by Crippen LogP contribution is -2.49. The smallest absolute Gasteiger partial charge is 0.161 e. The maximum Gasteiger partial charge on any atom is 0.161 e. The summed E-state index contributed by atoms with van der Waals surface area (Å²) in [5, 5.41) is 0. The minimum atomic E-state index is -0.242. The Kier molecular flexibility index (Phi) is 9.38. The van der Waals surface area contributed by atoms with Crippen LogP contribution in [0.5, 0.6) is 11.5 Å². The molecular weight excluding hydrogens is 488 g/mol. The molecule has 3 aromatic carbocycles. The summed E-state index contributed by atoms with van der Waals surface area (Å²) in [5.41, 5.74) is 9.25. The highest BCUT2D eigenvalue weighted by atomic mass is 16.5. The van der Waals surface area contributed by atoms with Crippen LogP contribution in [-0.4, -0.2) is 13.2 Å². The molecule has 0 fully saturated rings. The lowest BCUT2D eigenvalue weighted by atomic mass is 9.50. The monoisotopic (exact) mass is 540 g/mol. The molecule has 0 amide bonds. The summed E-state index contributed by atoms with van der Waals surface area (Å²) in [7, 11) is 0. The average molecular weight is 541 g/mol. The lowest BCUT2D eigenvalue weighted by molar-refractivity contribution is 0.216. The first-order valence-corrected chi connectivity index (χ1v) is 15.7. The second kappa shape index (κ2) is 12.4. The molecule has 0 spiro atoms. The fraction of sp³-hybridized carbons (Fsp3) is 0.526. The van der Waals surface area contributed by atoms with E-state index >= 15 is 0 Å². The molecule has 0 saturated heterocycles. The minimum Gasteiger partial charge on any atom is -0.489 e. The Morgan fingerprint density at radius 3 is 1.80 bits per heavy atom. The molecule has 0 radical (unpaired) electrons. The zero-order valence-electron chi connectivity index (χ0n) is 26.6. The Labute approximate surface area is 244 Å². The second-order valence-electron chi connectivity index (χ2n) is 13.0. The third-order valence-corrected chi connectivity index (χ3v) is 9.87. The summed E-state index contributed by atoms with van der Waals surface area (Å²) in [6.07, 6.45) is 5.69. The van der Waals surface area contributed by atoms with Gasteiger partial charge in [0.15, 0.2) is 11.5 Å². The van der Waals surface area contributed by atoms with Crippen LogP contribution in [0, 0.1) is 25.7 Å². The standard InChI is InChI=1S/C38H52O2/c1-10-13-20-37(8)33-21-28(6)14-17-31(33)32-18-15-29(7)22-34(32)38(37,9)30-16-19-35(39-24-26(4)11-2)36(23-30)40-25-27(5)12-3/h14-19,21-23,26-27H,10-13,20,24-25H2,1-9H3. The fourth-order valence-electron chi connectivity index (χ4n) is 6.36. The van der Waals surface area contributed by atoms with Gasteiger partial charge in [-0.05, 0) is 72.1 Å². The van der Waals surface area contributed by atoms with Crippen molar-refractivity contribution in [3.05, 3.63) is 82.4 Å². The second-order valence-corrected chi connectivity index (χ2v) is 13.0. The normalized spacial score (nSPS) is 21.3. The van der Waals surface area contributed by atoms with Crippen LogP contribution in [-0.2, 0) is 10.8 Å². The number of ether oxygens (including phenoxy) is 2. The van der Waals surface area contributed by atoms with E-state index in [1.54, 1.807) is 0 Å². The summed E-state index contributed by atoms with van der Waals surface area (Å²) in [4.78, 5) is 0. The van der Waals surface area contributed by atoms with E-state index in [-0.39, 0.29) is 10.8 Å². The fourth-order valence-corrected chi connectivity index (χ4v) is 6.36. The molecule has 40 heavy (non-hydrogen) atoms. The van der Waals surface area contributed by atoms with Gasteiger partial charge < -0.3 is 9.47 Å². The van der Waals surface area contributed by atoms with E-state index in [9.17, 15) is 0 Å². The van der Waals surface area contributed by atoms with Gasteiger partial charge in [0.1, 0.15) is 0 Å². The van der Waals surface area contributed by atoms with E-state index in [0.29, 0.717) is 25.0 Å². The molecule has 0 aromatic heterocycles. The number of aryl methyl sites for hydroxylation is 2. The molecule has 0 saturated carbocycles. The van der Waals surface area contributed by atoms with E-state index in [2.05, 4.69) is 117 Å². The van der Waals surface area contributed by atoms with Crippen LogP contribution in [0.2, 0.25) is 0 Å². The zero-order valence-corrected chi connectivity index (χ0v) is 26.6. The first kappa shape index (κ1) is 30.2. The molecule has 2 nitrogen and oxygen atoms in total. The summed E-state index contributed by atoms with van der Waals surface area (Å²) in [6, 6.07) is 20.9. The highest BCUT2D eigenvalue weighted by Gasteiger charge is 2.52. The number of hydrogen-bond donors (Lipinski definition) is 0. The Morgan fingerprint density at radius 1 is 0.675 bits per heavy atom. The summed E-state index contributed by atoms with van der Waals surface area (Å²) < 4.78 is 12.9. The number of unbranched alkanes of at least 4 members (excludes halogenated alkanes) is 1. The molecule has 216 valence electrons. The van der Waals surface area contributed by atoms with Crippen LogP contribution in [0.3, 0.4) is 0 Å². The highest BCUT2D eigenvalue weighted by Crippen LogP contribution is 2.59. The molecule has 4 rings (SSSR count). The molecule has 3 aromatic rings. The molecule has 1 aliphatic carbocycles. The number of benzene rings is 3. The van der Waals surface area contributed by atoms with Gasteiger partial charge in [-0.1, -0.05) is 128 Å². The summed E-state index contributed by atoms with van der Waals surface area (Å²) >= 11 is 0. The van der Waals surface area contributed by atoms with E-state index in [4.69, 9.17) is 9.47 Å². The maximum atomic E-state index is 6.56. The topological polar surface area (TPSA) is 18.5 Å². The molecule has 0 heterocycles. The van der Waals surface area contributed by atoms with Gasteiger partial charge in [-0.3, -0.25) is 0 Å². The Balaban J connectivity index is 1.95. The van der Waals surface area contributed by atoms with Crippen molar-refractivity contribution >= 4 is 0 Å². The van der Waals surface area contributed by atoms with E-state index in [1.807, 2.05) is 0 Å². The van der Waals surface area contributed by atoms with Crippen molar-refractivity contribution in [3.8, 4) is 22.6 Å². The number of hydrogen-bond acceptors (Lipinski definition) is 2. The van der Waals surface area contributed by atoms with Gasteiger partial charge in [-0.15, -0.1) is 0 Å². The van der Waals surface area contributed by atoms with Crippen molar-refractivity contribution in [2.45, 2.75) is 105 Å². The molecule has 1 aliphatic rings. The third kappa shape index (κ3) is 5.56. The highest BCUT2D eigenvalue weighted by molar-refractivity contribution is 5.80. The zero-order chi connectivity index (χ0) is 29.1. The van der Waals surface area contributed by atoms with E-state index in [0.717, 1.165) is 30.8 Å². The van der Waals surface area contributed by atoms with Gasteiger partial charge in [0, 0.05) is 10.8 Å². The van der Waals surface area contributed by atoms with Gasteiger partial charge in [-0.25, -0.2) is 0 Å². The van der Waals surface area contributed by atoms with Crippen molar-refractivity contribution in [2.75, 3.05) is 13.2 Å². The average Bonchev–Trinajstić information content (AvgIpc) is 2.96. The third-order valence-electron chi connectivity index (χ3n) is 9.87. The van der Waals surface area contributed by atoms with Crippen LogP contribution >= 0.6 is 0 Å². The van der Waals surface area contributed by atoms with Gasteiger partial charge >= 0.3 is 0 Å². The Morgan fingerprint density at radius 2 is 1.23 bits per heavy atom. The van der Waals surface area contributed by atoms with Crippen molar-refractivity contribution in [1.29, 1.82) is 0 Å². The first-order chi connectivity index (χ1) is 19.1. The molecule has 0 aliphatic heterocycles. The van der Waals surface area contributed by atoms with Gasteiger partial charge in [0.2, 0.25) is 0 Å². The predicted octanol–water partition coefficient (Wildman–Crippen LogP) is 10.6. The van der Waals surface area contributed by atoms with Crippen molar-refractivity contribution in [2.24, 2.45) is 11.8 Å². The van der Waals surface area contributed by atoms with Crippen molar-refractivity contribution in [3.63, 3.8) is 0 Å². The number of fused-ring (bicyclic) bond motifs is 3. The summed E-state index contributed by atoms with van der Waals surface area (Å²) in [6.45, 7) is 22.1. The maximum absolute atomic E-state index is 6.56. The van der Waals surface area contributed by atoms with Gasteiger partial charge in [-0.2, -0.15) is 0 Å². The lowest BCUT2D eigenvalue weighted by Gasteiger charge is -2.53. The first-order valence-electron chi connectivity index (χ1n) is 15.7. The van der Waals surface area contributed by atoms with E-state index in [1.165, 1.54) is 51.8 Å². The van der Waals surface area contributed by atoms with Crippen LogP contribution in [0.15, 0.2) is 54.6 Å². The Hall–Kier alpha value is -2.74. The molecule has 4 unspecified atom stereocenters. The minimum absolute atomic E-state index is 0.0851. The molecule has 0 bridgehead atoms.